The van der Waals surface area contributed by atoms with Gasteiger partial charge >= 0.3 is 0 Å². The van der Waals surface area contributed by atoms with E-state index in [4.69, 9.17) is 0 Å². The number of benzene rings is 15. The molecule has 0 saturated carbocycles. The Labute approximate surface area is 545 Å². The Morgan fingerprint density at radius 2 is 0.394 bits per heavy atom. The highest BCUT2D eigenvalue weighted by molar-refractivity contribution is 6.12. The summed E-state index contributed by atoms with van der Waals surface area (Å²) < 4.78 is 7.17. The Morgan fingerprint density at radius 3 is 0.745 bits per heavy atom. The molecule has 0 aliphatic heterocycles. The molecule has 0 saturated heterocycles. The van der Waals surface area contributed by atoms with E-state index < -0.39 is 0 Å². The van der Waals surface area contributed by atoms with Gasteiger partial charge in [0.25, 0.3) is 0 Å². The maximum atomic E-state index is 2.39. The summed E-state index contributed by atoms with van der Waals surface area (Å²) >= 11 is 0. The second-order valence-corrected chi connectivity index (χ2v) is 24.5. The normalized spacial score (nSPS) is 11.6. The van der Waals surface area contributed by atoms with Crippen molar-refractivity contribution in [3.05, 3.63) is 364 Å². The number of para-hydroxylation sites is 6. The van der Waals surface area contributed by atoms with Crippen LogP contribution in [0.5, 0.6) is 0 Å². The number of hydrogen-bond acceptors (Lipinski definition) is 1. The first kappa shape index (κ1) is 54.4. The van der Waals surface area contributed by atoms with Gasteiger partial charge in [0, 0.05) is 66.4 Å². The van der Waals surface area contributed by atoms with Gasteiger partial charge in [0.2, 0.25) is 0 Å². The van der Waals surface area contributed by atoms with Crippen LogP contribution in [0.2, 0.25) is 0 Å². The monoisotopic (exact) mass is 1200 g/mol. The van der Waals surface area contributed by atoms with Gasteiger partial charge in [-0.25, -0.2) is 0 Å². The zero-order valence-electron chi connectivity index (χ0n) is 51.4. The zero-order valence-corrected chi connectivity index (χ0v) is 51.4. The minimum atomic E-state index is 1.06. The number of hydrogen-bond donors (Lipinski definition) is 0. The first-order valence-electron chi connectivity index (χ1n) is 32.3. The molecule has 15 aromatic carbocycles. The first-order valence-corrected chi connectivity index (χ1v) is 32.3. The topological polar surface area (TPSA) is 18.0 Å². The average molecular weight is 1200 g/mol. The molecule has 0 N–H and O–H groups in total. The standard InChI is InChI=1S/C90H60N4/c1-2-27-73(28-3-1)92-85-36-9-8-35-83(85)84-54-47-72(60-90(84)92)69-24-16-21-66(57-69)63-45-52-76(53-46-63)91(74-48-41-61(42-49-74)64-19-14-22-67(55-64)70-25-17-29-77(58-70)93-86-37-10-4-31-79(86)80-32-5-11-38-87(80)93)75-50-43-62(44-51-75)65-20-15-23-68(56-65)71-26-18-30-78(59-71)94-88-39-12-6-33-81(88)82-34-7-13-40-89(82)94/h1-60H. The van der Waals surface area contributed by atoms with Crippen molar-refractivity contribution < 1.29 is 0 Å². The van der Waals surface area contributed by atoms with E-state index in [9.17, 15) is 0 Å². The predicted molar refractivity (Wildman–Crippen MR) is 397 cm³/mol. The van der Waals surface area contributed by atoms with E-state index in [1.165, 1.54) is 98.8 Å². The van der Waals surface area contributed by atoms with Crippen LogP contribution < -0.4 is 4.90 Å². The summed E-state index contributed by atoms with van der Waals surface area (Å²) in [5.41, 5.74) is 27.8. The van der Waals surface area contributed by atoms with E-state index in [1.54, 1.807) is 0 Å². The lowest BCUT2D eigenvalue weighted by atomic mass is 9.97. The Hall–Kier alpha value is -12.5. The van der Waals surface area contributed by atoms with Crippen molar-refractivity contribution >= 4 is 82.5 Å². The molecule has 0 bridgehead atoms. The molecule has 18 rings (SSSR count). The second kappa shape index (κ2) is 22.8. The van der Waals surface area contributed by atoms with Crippen LogP contribution in [0.3, 0.4) is 0 Å². The SMILES string of the molecule is c1ccc(-n2c3ccccc3c3ccc(-c4cccc(-c5ccc(N(c6ccc(-c7cccc(-c8cccc(-n9c%10ccccc%10c%10ccccc%109)c8)c7)cc6)c6ccc(-c7cccc(-c8cccc(-n9c%10ccccc%10c%10ccccc%109)c8)c7)cc6)cc5)c4)cc32)cc1. The van der Waals surface area contributed by atoms with Crippen LogP contribution in [0.25, 0.3) is 149 Å². The van der Waals surface area contributed by atoms with Gasteiger partial charge < -0.3 is 18.6 Å². The summed E-state index contributed by atoms with van der Waals surface area (Å²) in [5, 5.41) is 7.53. The van der Waals surface area contributed by atoms with Crippen LogP contribution >= 0.6 is 0 Å². The van der Waals surface area contributed by atoms with Gasteiger partial charge in [-0.2, -0.15) is 0 Å². The number of anilines is 3. The van der Waals surface area contributed by atoms with Gasteiger partial charge in [-0.05, 0) is 194 Å². The highest BCUT2D eigenvalue weighted by Gasteiger charge is 2.19. The molecule has 94 heavy (non-hydrogen) atoms. The van der Waals surface area contributed by atoms with Gasteiger partial charge in [0.05, 0.1) is 33.1 Å². The fraction of sp³-hybridized carbons (Fsp3) is 0. The summed E-state index contributed by atoms with van der Waals surface area (Å²) in [5.74, 6) is 0. The Morgan fingerprint density at radius 1 is 0.149 bits per heavy atom. The number of fused-ring (bicyclic) bond motifs is 9. The Kier molecular flexibility index (Phi) is 13.2. The average Bonchev–Trinajstić information content (AvgIpc) is 1.61. The van der Waals surface area contributed by atoms with Gasteiger partial charge in [-0.3, -0.25) is 0 Å². The van der Waals surface area contributed by atoms with Crippen molar-refractivity contribution in [3.63, 3.8) is 0 Å². The third-order valence-corrected chi connectivity index (χ3v) is 19.0. The molecule has 18 aromatic rings. The lowest BCUT2D eigenvalue weighted by molar-refractivity contribution is 1.18. The Balaban J connectivity index is 0.680. The molecular formula is C90H60N4. The van der Waals surface area contributed by atoms with Gasteiger partial charge in [0.15, 0.2) is 0 Å². The van der Waals surface area contributed by atoms with Crippen LogP contribution in [0.15, 0.2) is 364 Å². The largest absolute Gasteiger partial charge is 0.311 e. The van der Waals surface area contributed by atoms with Crippen LogP contribution in [0.1, 0.15) is 0 Å². The predicted octanol–water partition coefficient (Wildman–Crippen LogP) is 24.4. The zero-order chi connectivity index (χ0) is 62.1. The lowest BCUT2D eigenvalue weighted by Gasteiger charge is -2.26. The van der Waals surface area contributed by atoms with Gasteiger partial charge in [0.1, 0.15) is 0 Å². The van der Waals surface area contributed by atoms with Crippen molar-refractivity contribution in [1.82, 2.24) is 13.7 Å². The van der Waals surface area contributed by atoms with Crippen LogP contribution in [0, 0.1) is 0 Å². The molecule has 0 fully saturated rings. The van der Waals surface area contributed by atoms with Crippen molar-refractivity contribution in [2.75, 3.05) is 4.90 Å². The molecular weight excluding hydrogens is 1140 g/mol. The van der Waals surface area contributed by atoms with E-state index in [2.05, 4.69) is 383 Å². The molecule has 3 aromatic heterocycles. The van der Waals surface area contributed by atoms with Gasteiger partial charge in [-0.15, -0.1) is 0 Å². The fourth-order valence-electron chi connectivity index (χ4n) is 14.5. The molecule has 0 aliphatic rings. The van der Waals surface area contributed by atoms with Crippen LogP contribution in [-0.4, -0.2) is 13.7 Å². The molecule has 3 heterocycles. The quantitative estimate of drug-likeness (QED) is 0.119. The minimum Gasteiger partial charge on any atom is -0.311 e. The summed E-state index contributed by atoms with van der Waals surface area (Å²) in [7, 11) is 0. The third kappa shape index (κ3) is 9.47. The van der Waals surface area contributed by atoms with E-state index in [0.717, 1.165) is 67.5 Å². The third-order valence-electron chi connectivity index (χ3n) is 19.0. The highest BCUT2D eigenvalue weighted by Crippen LogP contribution is 2.42. The maximum absolute atomic E-state index is 2.39. The van der Waals surface area contributed by atoms with Gasteiger partial charge in [-0.1, -0.05) is 237 Å². The summed E-state index contributed by atoms with van der Waals surface area (Å²) in [4.78, 5) is 2.38. The van der Waals surface area contributed by atoms with Crippen LogP contribution in [0.4, 0.5) is 17.1 Å². The number of rotatable bonds is 12. The smallest absolute Gasteiger partial charge is 0.0547 e. The summed E-state index contributed by atoms with van der Waals surface area (Å²) in [6, 6.07) is 133. The maximum Gasteiger partial charge on any atom is 0.0547 e. The van der Waals surface area contributed by atoms with Crippen LogP contribution in [-0.2, 0) is 0 Å². The van der Waals surface area contributed by atoms with Crippen molar-refractivity contribution in [2.45, 2.75) is 0 Å². The van der Waals surface area contributed by atoms with Crippen molar-refractivity contribution in [1.29, 1.82) is 0 Å². The van der Waals surface area contributed by atoms with Crippen molar-refractivity contribution in [2.24, 2.45) is 0 Å². The summed E-state index contributed by atoms with van der Waals surface area (Å²) in [6.45, 7) is 0. The molecule has 0 radical (unpaired) electrons. The minimum absolute atomic E-state index is 1.06. The van der Waals surface area contributed by atoms with E-state index >= 15 is 0 Å². The molecule has 0 unspecified atom stereocenters. The van der Waals surface area contributed by atoms with E-state index in [0.29, 0.717) is 0 Å². The van der Waals surface area contributed by atoms with E-state index in [1.807, 2.05) is 0 Å². The molecule has 0 spiro atoms. The van der Waals surface area contributed by atoms with Crippen molar-refractivity contribution in [3.8, 4) is 83.8 Å². The second-order valence-electron chi connectivity index (χ2n) is 24.5. The molecule has 0 aliphatic carbocycles. The molecule has 0 atom stereocenters. The van der Waals surface area contributed by atoms with E-state index in [-0.39, 0.29) is 0 Å². The lowest BCUT2D eigenvalue weighted by Crippen LogP contribution is -2.09. The molecule has 4 heteroatoms. The Bertz CT molecular complexity index is 5560. The molecule has 0 amide bonds. The molecule has 4 nitrogen and oxygen atoms in total. The number of aromatic nitrogens is 3. The molecule has 440 valence electrons. The number of nitrogens with zero attached hydrogens (tertiary/aromatic N) is 4. The highest BCUT2D eigenvalue weighted by atomic mass is 15.1. The first-order chi connectivity index (χ1) is 46.6. The summed E-state index contributed by atoms with van der Waals surface area (Å²) in [6.07, 6.45) is 0. The fourth-order valence-corrected chi connectivity index (χ4v) is 14.5.